The molecule has 0 atom stereocenters. The summed E-state index contributed by atoms with van der Waals surface area (Å²) in [6.45, 7) is 3.03. The third-order valence-corrected chi connectivity index (χ3v) is 3.52. The third-order valence-electron chi connectivity index (χ3n) is 3.52. The van der Waals surface area contributed by atoms with Crippen LogP contribution < -0.4 is 10.2 Å². The van der Waals surface area contributed by atoms with Crippen molar-refractivity contribution in [3.63, 3.8) is 0 Å². The molecule has 0 bridgehead atoms. The molecule has 0 aliphatic carbocycles. The fraction of sp³-hybridized carbons (Fsp3) is 0.583. The molecule has 3 heterocycles. The number of nitrogens with one attached hydrogen (secondary N) is 1. The van der Waals surface area contributed by atoms with Crippen LogP contribution in [0.15, 0.2) is 0 Å². The van der Waals surface area contributed by atoms with Crippen LogP contribution in [0, 0.1) is 0 Å². The Morgan fingerprint density at radius 3 is 2.67 bits per heavy atom. The van der Waals surface area contributed by atoms with Crippen molar-refractivity contribution in [2.24, 2.45) is 0 Å². The number of aromatic nitrogens is 2. The van der Waals surface area contributed by atoms with Crippen molar-refractivity contribution in [3.05, 3.63) is 17.0 Å². The zero-order valence-electron chi connectivity index (χ0n) is 10.1. The highest BCUT2D eigenvalue weighted by atomic mass is 16.4. The standard InChI is InChI=1S/C12H16N4O2/c17-11(18)10-8-6-13-7-9(8)14-12(15-10)16-4-2-1-3-5-16/h13H,1-7H2,(H,17,18). The molecule has 6 nitrogen and oxygen atoms in total. The van der Waals surface area contributed by atoms with Crippen LogP contribution >= 0.6 is 0 Å². The van der Waals surface area contributed by atoms with E-state index in [0.717, 1.165) is 37.2 Å². The number of anilines is 1. The van der Waals surface area contributed by atoms with E-state index in [-0.39, 0.29) is 5.69 Å². The molecule has 6 heteroatoms. The smallest absolute Gasteiger partial charge is 0.355 e. The molecule has 0 saturated carbocycles. The fourth-order valence-corrected chi connectivity index (χ4v) is 2.57. The van der Waals surface area contributed by atoms with Crippen molar-refractivity contribution < 1.29 is 9.90 Å². The number of rotatable bonds is 2. The zero-order valence-corrected chi connectivity index (χ0v) is 10.1. The van der Waals surface area contributed by atoms with Crippen LogP contribution in [-0.4, -0.2) is 34.1 Å². The van der Waals surface area contributed by atoms with Gasteiger partial charge in [-0.2, -0.15) is 0 Å². The SMILES string of the molecule is O=C(O)c1nc(N2CCCCC2)nc2c1CNC2. The summed E-state index contributed by atoms with van der Waals surface area (Å²) in [7, 11) is 0. The average molecular weight is 248 g/mol. The van der Waals surface area contributed by atoms with Crippen LogP contribution in [0.25, 0.3) is 0 Å². The van der Waals surface area contributed by atoms with Crippen molar-refractivity contribution in [3.8, 4) is 0 Å². The van der Waals surface area contributed by atoms with Gasteiger partial charge in [0, 0.05) is 31.7 Å². The summed E-state index contributed by atoms with van der Waals surface area (Å²) >= 11 is 0. The number of piperidine rings is 1. The molecule has 2 N–H and O–H groups in total. The largest absolute Gasteiger partial charge is 0.476 e. The van der Waals surface area contributed by atoms with Crippen LogP contribution in [0.5, 0.6) is 0 Å². The highest BCUT2D eigenvalue weighted by molar-refractivity contribution is 5.88. The molecule has 0 spiro atoms. The zero-order chi connectivity index (χ0) is 12.5. The molecule has 18 heavy (non-hydrogen) atoms. The molecule has 1 saturated heterocycles. The number of aromatic carboxylic acids is 1. The first-order valence-electron chi connectivity index (χ1n) is 6.34. The minimum absolute atomic E-state index is 0.158. The molecular formula is C12H16N4O2. The first-order valence-corrected chi connectivity index (χ1v) is 6.34. The Morgan fingerprint density at radius 2 is 1.94 bits per heavy atom. The molecule has 0 amide bonds. The van der Waals surface area contributed by atoms with Gasteiger partial charge in [-0.15, -0.1) is 0 Å². The topological polar surface area (TPSA) is 78.3 Å². The minimum atomic E-state index is -0.962. The van der Waals surface area contributed by atoms with E-state index in [9.17, 15) is 9.90 Å². The van der Waals surface area contributed by atoms with Crippen molar-refractivity contribution in [2.45, 2.75) is 32.4 Å². The molecule has 0 radical (unpaired) electrons. The van der Waals surface area contributed by atoms with E-state index in [1.165, 1.54) is 6.42 Å². The number of carboxylic acids is 1. The maximum Gasteiger partial charge on any atom is 0.355 e. The first-order chi connectivity index (χ1) is 8.75. The summed E-state index contributed by atoms with van der Waals surface area (Å²) in [4.78, 5) is 22.1. The normalized spacial score (nSPS) is 18.8. The molecule has 1 aromatic rings. The number of nitrogens with zero attached hydrogens (tertiary/aromatic N) is 3. The summed E-state index contributed by atoms with van der Waals surface area (Å²) in [6.07, 6.45) is 3.48. The first kappa shape index (κ1) is 11.4. The third kappa shape index (κ3) is 1.92. The van der Waals surface area contributed by atoms with E-state index in [2.05, 4.69) is 20.2 Å². The Labute approximate surface area is 105 Å². The number of hydrogen-bond acceptors (Lipinski definition) is 5. The molecule has 0 unspecified atom stereocenters. The van der Waals surface area contributed by atoms with Crippen molar-refractivity contribution in [2.75, 3.05) is 18.0 Å². The van der Waals surface area contributed by atoms with Crippen molar-refractivity contribution in [1.82, 2.24) is 15.3 Å². The average Bonchev–Trinajstić information content (AvgIpc) is 2.86. The van der Waals surface area contributed by atoms with Crippen molar-refractivity contribution in [1.29, 1.82) is 0 Å². The Kier molecular flexibility index (Phi) is 2.87. The second-order valence-corrected chi connectivity index (χ2v) is 4.75. The Bertz CT molecular complexity index is 483. The number of carboxylic acid groups (broad SMARTS) is 1. The number of hydrogen-bond donors (Lipinski definition) is 2. The van der Waals surface area contributed by atoms with E-state index in [0.29, 0.717) is 19.0 Å². The van der Waals surface area contributed by atoms with Gasteiger partial charge in [-0.05, 0) is 19.3 Å². The highest BCUT2D eigenvalue weighted by Crippen LogP contribution is 2.22. The molecular weight excluding hydrogens is 232 g/mol. The van der Waals surface area contributed by atoms with Gasteiger partial charge in [-0.3, -0.25) is 0 Å². The summed E-state index contributed by atoms with van der Waals surface area (Å²) in [5.41, 5.74) is 1.73. The van der Waals surface area contributed by atoms with E-state index >= 15 is 0 Å². The van der Waals surface area contributed by atoms with Gasteiger partial charge in [0.15, 0.2) is 5.69 Å². The van der Waals surface area contributed by atoms with E-state index in [4.69, 9.17) is 0 Å². The molecule has 3 rings (SSSR count). The molecule has 0 aromatic carbocycles. The van der Waals surface area contributed by atoms with Crippen LogP contribution in [0.1, 0.15) is 41.0 Å². The lowest BCUT2D eigenvalue weighted by Crippen LogP contribution is -2.32. The van der Waals surface area contributed by atoms with E-state index in [1.807, 2.05) is 0 Å². The fourth-order valence-electron chi connectivity index (χ4n) is 2.57. The van der Waals surface area contributed by atoms with Gasteiger partial charge >= 0.3 is 5.97 Å². The van der Waals surface area contributed by atoms with Crippen LogP contribution in [-0.2, 0) is 13.1 Å². The molecule has 96 valence electrons. The lowest BCUT2D eigenvalue weighted by Gasteiger charge is -2.27. The van der Waals surface area contributed by atoms with Gasteiger partial charge in [0.25, 0.3) is 0 Å². The van der Waals surface area contributed by atoms with Crippen LogP contribution in [0.2, 0.25) is 0 Å². The Hall–Kier alpha value is -1.69. The number of carbonyl (C=O) groups is 1. The summed E-state index contributed by atoms with van der Waals surface area (Å²) in [5.74, 6) is -0.384. The molecule has 1 aromatic heterocycles. The van der Waals surface area contributed by atoms with Gasteiger partial charge in [0.1, 0.15) is 0 Å². The summed E-state index contributed by atoms with van der Waals surface area (Å²) < 4.78 is 0. The second kappa shape index (κ2) is 4.53. The van der Waals surface area contributed by atoms with Crippen LogP contribution in [0.4, 0.5) is 5.95 Å². The molecule has 2 aliphatic rings. The van der Waals surface area contributed by atoms with Crippen molar-refractivity contribution >= 4 is 11.9 Å². The van der Waals surface area contributed by atoms with Gasteiger partial charge in [0.05, 0.1) is 5.69 Å². The molecule has 2 aliphatic heterocycles. The predicted octanol–water partition coefficient (Wildman–Crippen LogP) is 0.768. The van der Waals surface area contributed by atoms with E-state index in [1.54, 1.807) is 0 Å². The van der Waals surface area contributed by atoms with Gasteiger partial charge in [0.2, 0.25) is 5.95 Å². The van der Waals surface area contributed by atoms with Gasteiger partial charge < -0.3 is 15.3 Å². The Morgan fingerprint density at radius 1 is 1.17 bits per heavy atom. The summed E-state index contributed by atoms with van der Waals surface area (Å²) in [5, 5.41) is 12.4. The lowest BCUT2D eigenvalue weighted by atomic mass is 10.1. The maximum atomic E-state index is 11.3. The Balaban J connectivity index is 2.00. The predicted molar refractivity (Wildman–Crippen MR) is 65.6 cm³/mol. The monoisotopic (exact) mass is 248 g/mol. The quantitative estimate of drug-likeness (QED) is 0.805. The highest BCUT2D eigenvalue weighted by Gasteiger charge is 2.25. The van der Waals surface area contributed by atoms with Gasteiger partial charge in [-0.25, -0.2) is 14.8 Å². The minimum Gasteiger partial charge on any atom is -0.476 e. The van der Waals surface area contributed by atoms with E-state index < -0.39 is 5.97 Å². The summed E-state index contributed by atoms with van der Waals surface area (Å²) in [6, 6.07) is 0. The molecule has 1 fully saturated rings. The number of fused-ring (bicyclic) bond motifs is 1. The maximum absolute atomic E-state index is 11.3. The lowest BCUT2D eigenvalue weighted by molar-refractivity contribution is 0.0689. The second-order valence-electron chi connectivity index (χ2n) is 4.75. The van der Waals surface area contributed by atoms with Crippen LogP contribution in [0.3, 0.4) is 0 Å². The van der Waals surface area contributed by atoms with Gasteiger partial charge in [-0.1, -0.05) is 0 Å².